The van der Waals surface area contributed by atoms with Crippen LogP contribution in [0.4, 0.5) is 21.6 Å². The van der Waals surface area contributed by atoms with Crippen LogP contribution >= 0.6 is 0 Å². The van der Waals surface area contributed by atoms with Crippen molar-refractivity contribution in [2.45, 2.75) is 25.9 Å². The number of hydrogen-bond acceptors (Lipinski definition) is 4. The first-order valence-electron chi connectivity index (χ1n) is 9.00. The molecule has 0 aliphatic heterocycles. The van der Waals surface area contributed by atoms with Crippen LogP contribution in [0, 0.1) is 5.92 Å². The molecule has 5 N–H and O–H groups in total. The van der Waals surface area contributed by atoms with Crippen molar-refractivity contribution in [2.24, 2.45) is 5.92 Å². The number of carbonyl (C=O) groups excluding carboxylic acids is 1. The van der Waals surface area contributed by atoms with Gasteiger partial charge in [-0.3, -0.25) is 4.79 Å². The predicted octanol–water partition coefficient (Wildman–Crippen LogP) is 3.93. The largest absolute Gasteiger partial charge is 0.398 e. The van der Waals surface area contributed by atoms with Gasteiger partial charge in [0.1, 0.15) is 12.0 Å². The van der Waals surface area contributed by atoms with Gasteiger partial charge in [0.15, 0.2) is 0 Å². The van der Waals surface area contributed by atoms with Crippen LogP contribution in [0.1, 0.15) is 18.9 Å². The number of nitrogen functional groups attached to an aromatic ring is 2. The average Bonchev–Trinajstić information content (AvgIpc) is 3.38. The summed E-state index contributed by atoms with van der Waals surface area (Å²) in [5.74, 6) is -0.493. The highest BCUT2D eigenvalue weighted by Crippen LogP contribution is 2.36. The lowest BCUT2D eigenvalue weighted by Crippen LogP contribution is -2.15. The minimum absolute atomic E-state index is 0.283. The van der Waals surface area contributed by atoms with Gasteiger partial charge in [-0.2, -0.15) is 0 Å². The van der Waals surface area contributed by atoms with Crippen molar-refractivity contribution in [1.29, 1.82) is 0 Å². The second-order valence-electron chi connectivity index (χ2n) is 6.93. The molecule has 4 rings (SSSR count). The van der Waals surface area contributed by atoms with Gasteiger partial charge in [0, 0.05) is 23.0 Å². The molecular weight excluding hydrogens is 343 g/mol. The maximum Gasteiger partial charge on any atom is 0.231 e. The van der Waals surface area contributed by atoms with Crippen LogP contribution in [0.25, 0.3) is 21.9 Å². The molecule has 1 fully saturated rings. The van der Waals surface area contributed by atoms with E-state index in [-0.39, 0.29) is 12.3 Å². The molecule has 27 heavy (non-hydrogen) atoms. The summed E-state index contributed by atoms with van der Waals surface area (Å²) in [6.07, 6.45) is 1.68. The Morgan fingerprint density at radius 3 is 2.74 bits per heavy atom. The lowest BCUT2D eigenvalue weighted by atomic mass is 9.94. The molecule has 0 unspecified atom stereocenters. The Balaban J connectivity index is 1.75. The van der Waals surface area contributed by atoms with Crippen LogP contribution in [-0.2, 0) is 11.2 Å². The fraction of sp³-hybridized carbons (Fsp3) is 0.238. The number of halogens is 1. The summed E-state index contributed by atoms with van der Waals surface area (Å²) >= 11 is 0. The predicted molar refractivity (Wildman–Crippen MR) is 107 cm³/mol. The second-order valence-corrected chi connectivity index (χ2v) is 6.93. The van der Waals surface area contributed by atoms with Gasteiger partial charge in [-0.05, 0) is 59.2 Å². The number of hydrogen-bond donors (Lipinski definition) is 3. The first kappa shape index (κ1) is 17.3. The van der Waals surface area contributed by atoms with Gasteiger partial charge in [-0.1, -0.05) is 19.1 Å². The summed E-state index contributed by atoms with van der Waals surface area (Å²) in [5.41, 5.74) is 16.8. The first-order chi connectivity index (χ1) is 13.0. The van der Waals surface area contributed by atoms with E-state index in [9.17, 15) is 9.18 Å². The number of aromatic nitrogens is 1. The first-order valence-corrected chi connectivity index (χ1v) is 9.00. The van der Waals surface area contributed by atoms with Gasteiger partial charge in [-0.15, -0.1) is 0 Å². The molecule has 2 atom stereocenters. The summed E-state index contributed by atoms with van der Waals surface area (Å²) in [5, 5.41) is 4.34. The third-order valence-corrected chi connectivity index (χ3v) is 5.05. The minimum Gasteiger partial charge on any atom is -0.398 e. The van der Waals surface area contributed by atoms with Gasteiger partial charge < -0.3 is 16.8 Å². The standard InChI is InChI=1S/C21H21FN4O/c1-2-13-14(4-3-5-18(13)23)11-6-12-8-20(25-10-16(12)19(24)7-11)26-21(27)15-9-17(15)22/h3-8,10,15,17H,2,9,23-24H2,1H3,(H,25,26,27)/t15-,17+/m1/s1. The number of carbonyl (C=O) groups is 1. The number of amides is 1. The molecule has 0 bridgehead atoms. The molecule has 138 valence electrons. The number of benzene rings is 2. The molecule has 6 heteroatoms. The Labute approximate surface area is 156 Å². The van der Waals surface area contributed by atoms with Crippen LogP contribution in [0.3, 0.4) is 0 Å². The van der Waals surface area contributed by atoms with Crippen LogP contribution in [0.15, 0.2) is 42.6 Å². The van der Waals surface area contributed by atoms with Crippen LogP contribution in [-0.4, -0.2) is 17.1 Å². The van der Waals surface area contributed by atoms with Crippen molar-refractivity contribution in [3.8, 4) is 11.1 Å². The van der Waals surface area contributed by atoms with Crippen molar-refractivity contribution in [2.75, 3.05) is 16.8 Å². The van der Waals surface area contributed by atoms with Gasteiger partial charge in [-0.25, -0.2) is 9.37 Å². The van der Waals surface area contributed by atoms with E-state index >= 15 is 0 Å². The van der Waals surface area contributed by atoms with Crippen LogP contribution in [0.2, 0.25) is 0 Å². The van der Waals surface area contributed by atoms with E-state index in [2.05, 4.69) is 17.2 Å². The maximum atomic E-state index is 13.1. The number of anilines is 3. The molecule has 2 aromatic carbocycles. The number of alkyl halides is 1. The average molecular weight is 364 g/mol. The zero-order chi connectivity index (χ0) is 19.1. The fourth-order valence-corrected chi connectivity index (χ4v) is 3.43. The van der Waals surface area contributed by atoms with Crippen LogP contribution < -0.4 is 16.8 Å². The van der Waals surface area contributed by atoms with Crippen molar-refractivity contribution in [3.63, 3.8) is 0 Å². The number of nitrogens with two attached hydrogens (primary N) is 2. The lowest BCUT2D eigenvalue weighted by molar-refractivity contribution is -0.117. The van der Waals surface area contributed by atoms with E-state index < -0.39 is 12.1 Å². The Morgan fingerprint density at radius 2 is 2.04 bits per heavy atom. The highest BCUT2D eigenvalue weighted by molar-refractivity contribution is 6.00. The molecule has 1 amide bonds. The Bertz CT molecular complexity index is 1050. The van der Waals surface area contributed by atoms with E-state index in [4.69, 9.17) is 11.5 Å². The number of nitrogens with one attached hydrogen (secondary N) is 1. The number of rotatable bonds is 4. The smallest absolute Gasteiger partial charge is 0.231 e. The van der Waals surface area contributed by atoms with Gasteiger partial charge >= 0.3 is 0 Å². The van der Waals surface area contributed by atoms with E-state index in [1.54, 1.807) is 12.3 Å². The zero-order valence-electron chi connectivity index (χ0n) is 15.0. The number of fused-ring (bicyclic) bond motifs is 1. The molecule has 1 saturated carbocycles. The molecule has 1 aliphatic carbocycles. The van der Waals surface area contributed by atoms with Crippen molar-refractivity contribution < 1.29 is 9.18 Å². The topological polar surface area (TPSA) is 94.0 Å². The highest BCUT2D eigenvalue weighted by Gasteiger charge is 2.43. The zero-order valence-corrected chi connectivity index (χ0v) is 15.0. The second kappa shape index (κ2) is 6.54. The van der Waals surface area contributed by atoms with Crippen molar-refractivity contribution >= 4 is 33.9 Å². The summed E-state index contributed by atoms with van der Waals surface area (Å²) in [7, 11) is 0. The van der Waals surface area contributed by atoms with E-state index in [0.29, 0.717) is 11.5 Å². The summed E-state index contributed by atoms with van der Waals surface area (Å²) in [6, 6.07) is 11.5. The van der Waals surface area contributed by atoms with E-state index in [0.717, 1.165) is 39.6 Å². The van der Waals surface area contributed by atoms with E-state index in [1.165, 1.54) is 0 Å². The summed E-state index contributed by atoms with van der Waals surface area (Å²) < 4.78 is 13.1. The summed E-state index contributed by atoms with van der Waals surface area (Å²) in [4.78, 5) is 16.2. The molecular formula is C21H21FN4O. The van der Waals surface area contributed by atoms with Crippen molar-refractivity contribution in [1.82, 2.24) is 4.98 Å². The van der Waals surface area contributed by atoms with Crippen LogP contribution in [0.5, 0.6) is 0 Å². The van der Waals surface area contributed by atoms with Gasteiger partial charge in [0.05, 0.1) is 5.92 Å². The molecule has 1 heterocycles. The lowest BCUT2D eigenvalue weighted by Gasteiger charge is -2.13. The Hall–Kier alpha value is -3.15. The molecule has 3 aromatic rings. The van der Waals surface area contributed by atoms with Gasteiger partial charge in [0.2, 0.25) is 5.91 Å². The highest BCUT2D eigenvalue weighted by atomic mass is 19.1. The fourth-order valence-electron chi connectivity index (χ4n) is 3.43. The quantitative estimate of drug-likeness (QED) is 0.612. The monoisotopic (exact) mass is 364 g/mol. The SMILES string of the molecule is CCc1c(N)cccc1-c1cc(N)c2cnc(NC(=O)[C@@H]3C[C@@H]3F)cc2c1. The Kier molecular flexibility index (Phi) is 4.18. The minimum atomic E-state index is -1.04. The normalized spacial score (nSPS) is 18.4. The summed E-state index contributed by atoms with van der Waals surface area (Å²) in [6.45, 7) is 2.06. The molecule has 5 nitrogen and oxygen atoms in total. The van der Waals surface area contributed by atoms with E-state index in [1.807, 2.05) is 30.3 Å². The molecule has 1 aromatic heterocycles. The number of pyridine rings is 1. The number of nitrogens with zero attached hydrogens (tertiary/aromatic N) is 1. The molecule has 0 saturated heterocycles. The third kappa shape index (κ3) is 3.18. The molecule has 0 spiro atoms. The molecule has 1 aliphatic rings. The molecule has 0 radical (unpaired) electrons. The Morgan fingerprint density at radius 1 is 1.26 bits per heavy atom. The van der Waals surface area contributed by atoms with Gasteiger partial charge in [0.25, 0.3) is 0 Å². The third-order valence-electron chi connectivity index (χ3n) is 5.05. The van der Waals surface area contributed by atoms with Crippen molar-refractivity contribution in [3.05, 3.63) is 48.2 Å². The maximum absolute atomic E-state index is 13.1.